The Morgan fingerprint density at radius 2 is 2.12 bits per heavy atom. The van der Waals surface area contributed by atoms with E-state index >= 15 is 0 Å². The molecule has 2 aromatic rings. The van der Waals surface area contributed by atoms with E-state index in [0.29, 0.717) is 14.8 Å². The molecule has 1 aromatic heterocycles. The van der Waals surface area contributed by atoms with Crippen molar-refractivity contribution in [1.82, 2.24) is 0 Å². The fourth-order valence-electron chi connectivity index (χ4n) is 1.50. The number of carbonyl (C=O) groups is 1. The summed E-state index contributed by atoms with van der Waals surface area (Å²) in [5.74, 6) is -0.449. The van der Waals surface area contributed by atoms with Gasteiger partial charge in [0.15, 0.2) is 5.78 Å². The minimum Gasteiger partial charge on any atom is -0.293 e. The molecule has 0 amide bonds. The van der Waals surface area contributed by atoms with Gasteiger partial charge >= 0.3 is 0 Å². The molecule has 0 spiro atoms. The second-order valence-electron chi connectivity index (χ2n) is 3.76. The summed E-state index contributed by atoms with van der Waals surface area (Å²) in [7, 11) is 0. The van der Waals surface area contributed by atoms with Crippen molar-refractivity contribution in [1.29, 1.82) is 0 Å². The molecule has 0 unspecified atom stereocenters. The highest BCUT2D eigenvalue weighted by atomic mass is 35.5. The van der Waals surface area contributed by atoms with Crippen LogP contribution < -0.4 is 0 Å². The van der Waals surface area contributed by atoms with Crippen LogP contribution in [0.4, 0.5) is 4.39 Å². The first-order valence-electron chi connectivity index (χ1n) is 5.10. The normalized spacial score (nSPS) is 10.5. The second kappa shape index (κ2) is 4.98. The largest absolute Gasteiger partial charge is 0.293 e. The minimum atomic E-state index is -0.347. The van der Waals surface area contributed by atoms with E-state index in [1.807, 2.05) is 6.92 Å². The zero-order valence-electron chi connectivity index (χ0n) is 9.17. The number of halogens is 2. The zero-order valence-corrected chi connectivity index (χ0v) is 10.7. The third-order valence-electron chi connectivity index (χ3n) is 2.44. The summed E-state index contributed by atoms with van der Waals surface area (Å²) < 4.78 is 14.0. The van der Waals surface area contributed by atoms with Crippen molar-refractivity contribution in [3.63, 3.8) is 0 Å². The van der Waals surface area contributed by atoms with E-state index in [0.717, 1.165) is 5.56 Å². The lowest BCUT2D eigenvalue weighted by Crippen LogP contribution is -2.02. The van der Waals surface area contributed by atoms with Gasteiger partial charge < -0.3 is 0 Å². The van der Waals surface area contributed by atoms with Gasteiger partial charge in [0.25, 0.3) is 0 Å². The standard InChI is InChI=1S/C13H10ClFOS/c1-8-6-12(17-13(8)14)11(16)7-9-4-2-3-5-10(9)15/h2-6H,7H2,1H3. The predicted octanol–water partition coefficient (Wildman–Crippen LogP) is 4.27. The fourth-order valence-corrected chi connectivity index (χ4v) is 2.64. The van der Waals surface area contributed by atoms with Crippen molar-refractivity contribution < 1.29 is 9.18 Å². The summed E-state index contributed by atoms with van der Waals surface area (Å²) in [6.45, 7) is 1.85. The van der Waals surface area contributed by atoms with Crippen LogP contribution in [0.25, 0.3) is 0 Å². The van der Waals surface area contributed by atoms with Gasteiger partial charge in [0.1, 0.15) is 5.82 Å². The molecule has 0 bridgehead atoms. The average Bonchev–Trinajstić information content (AvgIpc) is 2.63. The van der Waals surface area contributed by atoms with Crippen molar-refractivity contribution in [2.24, 2.45) is 0 Å². The number of hydrogen-bond donors (Lipinski definition) is 0. The molecule has 0 aliphatic heterocycles. The third kappa shape index (κ3) is 2.73. The summed E-state index contributed by atoms with van der Waals surface area (Å²) in [5.41, 5.74) is 1.30. The maximum Gasteiger partial charge on any atom is 0.177 e. The Kier molecular flexibility index (Phi) is 3.60. The number of carbonyl (C=O) groups excluding carboxylic acids is 1. The van der Waals surface area contributed by atoms with Crippen LogP contribution in [0.5, 0.6) is 0 Å². The Labute approximate surface area is 108 Å². The Morgan fingerprint density at radius 3 is 2.71 bits per heavy atom. The molecule has 0 saturated heterocycles. The molecule has 0 saturated carbocycles. The average molecular weight is 269 g/mol. The first-order valence-corrected chi connectivity index (χ1v) is 6.30. The summed E-state index contributed by atoms with van der Waals surface area (Å²) in [4.78, 5) is 12.5. The second-order valence-corrected chi connectivity index (χ2v) is 5.41. The van der Waals surface area contributed by atoms with Crippen LogP contribution in [0.1, 0.15) is 20.8 Å². The predicted molar refractivity (Wildman–Crippen MR) is 68.5 cm³/mol. The van der Waals surface area contributed by atoms with Gasteiger partial charge in [0.05, 0.1) is 9.21 Å². The number of benzene rings is 1. The lowest BCUT2D eigenvalue weighted by molar-refractivity contribution is 0.0995. The van der Waals surface area contributed by atoms with E-state index in [4.69, 9.17) is 11.6 Å². The number of thiophene rings is 1. The quantitative estimate of drug-likeness (QED) is 0.760. The Morgan fingerprint density at radius 1 is 1.41 bits per heavy atom. The monoisotopic (exact) mass is 268 g/mol. The number of Topliss-reactive ketones (excluding diaryl/α,β-unsaturated/α-hetero) is 1. The highest BCUT2D eigenvalue weighted by Crippen LogP contribution is 2.27. The van der Waals surface area contributed by atoms with E-state index in [-0.39, 0.29) is 18.0 Å². The van der Waals surface area contributed by atoms with Crippen molar-refractivity contribution >= 4 is 28.7 Å². The van der Waals surface area contributed by atoms with Gasteiger partial charge in [-0.05, 0) is 30.2 Å². The van der Waals surface area contributed by atoms with Crippen LogP contribution >= 0.6 is 22.9 Å². The first-order chi connectivity index (χ1) is 8.08. The Bertz CT molecular complexity index is 543. The van der Waals surface area contributed by atoms with E-state index < -0.39 is 0 Å². The van der Waals surface area contributed by atoms with Crippen LogP contribution in [-0.4, -0.2) is 5.78 Å². The number of aryl methyl sites for hydroxylation is 1. The van der Waals surface area contributed by atoms with E-state index in [2.05, 4.69) is 0 Å². The summed E-state index contributed by atoms with van der Waals surface area (Å²) >= 11 is 7.14. The maximum atomic E-state index is 13.4. The topological polar surface area (TPSA) is 17.1 Å². The molecule has 4 heteroatoms. The molecule has 88 valence electrons. The molecule has 1 aromatic carbocycles. The van der Waals surface area contributed by atoms with Crippen LogP contribution in [0.15, 0.2) is 30.3 Å². The maximum absolute atomic E-state index is 13.4. The number of hydrogen-bond acceptors (Lipinski definition) is 2. The van der Waals surface area contributed by atoms with Crippen LogP contribution in [-0.2, 0) is 6.42 Å². The van der Waals surface area contributed by atoms with E-state index in [1.165, 1.54) is 17.4 Å². The molecule has 2 rings (SSSR count). The van der Waals surface area contributed by atoms with Gasteiger partial charge in [-0.15, -0.1) is 11.3 Å². The summed E-state index contributed by atoms with van der Waals surface area (Å²) in [6.07, 6.45) is 0.0724. The lowest BCUT2D eigenvalue weighted by atomic mass is 10.1. The van der Waals surface area contributed by atoms with Gasteiger partial charge in [0, 0.05) is 6.42 Å². The van der Waals surface area contributed by atoms with E-state index in [1.54, 1.807) is 24.3 Å². The zero-order chi connectivity index (χ0) is 12.4. The van der Waals surface area contributed by atoms with Gasteiger partial charge in [0.2, 0.25) is 0 Å². The third-order valence-corrected chi connectivity index (χ3v) is 4.04. The van der Waals surface area contributed by atoms with Gasteiger partial charge in [-0.2, -0.15) is 0 Å². The fraction of sp³-hybridized carbons (Fsp3) is 0.154. The van der Waals surface area contributed by atoms with Gasteiger partial charge in [-0.25, -0.2) is 4.39 Å². The minimum absolute atomic E-state index is 0.0724. The van der Waals surface area contributed by atoms with Crippen LogP contribution in [0, 0.1) is 12.7 Å². The van der Waals surface area contributed by atoms with Gasteiger partial charge in [-0.1, -0.05) is 29.8 Å². The molecule has 1 nitrogen and oxygen atoms in total. The molecule has 0 fully saturated rings. The Balaban J connectivity index is 2.20. The SMILES string of the molecule is Cc1cc(C(=O)Cc2ccccc2F)sc1Cl. The Hall–Kier alpha value is -1.19. The van der Waals surface area contributed by atoms with E-state index in [9.17, 15) is 9.18 Å². The summed E-state index contributed by atoms with van der Waals surface area (Å²) in [5, 5.41) is 0. The van der Waals surface area contributed by atoms with Crippen LogP contribution in [0.2, 0.25) is 4.34 Å². The van der Waals surface area contributed by atoms with Crippen molar-refractivity contribution in [2.45, 2.75) is 13.3 Å². The summed E-state index contributed by atoms with van der Waals surface area (Å²) in [6, 6.07) is 8.05. The molecule has 0 radical (unpaired) electrons. The first kappa shape index (κ1) is 12.3. The lowest BCUT2D eigenvalue weighted by Gasteiger charge is -2.00. The molecule has 0 aliphatic rings. The molecular weight excluding hydrogens is 259 g/mol. The van der Waals surface area contributed by atoms with Crippen molar-refractivity contribution in [2.75, 3.05) is 0 Å². The highest BCUT2D eigenvalue weighted by molar-refractivity contribution is 7.18. The number of rotatable bonds is 3. The molecule has 0 atom stereocenters. The van der Waals surface area contributed by atoms with Crippen LogP contribution in [0.3, 0.4) is 0 Å². The highest BCUT2D eigenvalue weighted by Gasteiger charge is 2.13. The smallest absolute Gasteiger partial charge is 0.177 e. The molecule has 17 heavy (non-hydrogen) atoms. The van der Waals surface area contributed by atoms with Crippen molar-refractivity contribution in [3.8, 4) is 0 Å². The molecule has 0 N–H and O–H groups in total. The molecule has 0 aliphatic carbocycles. The number of ketones is 1. The molecule has 1 heterocycles. The van der Waals surface area contributed by atoms with Crippen molar-refractivity contribution in [3.05, 3.63) is 56.5 Å². The molecular formula is C13H10ClFOS. The van der Waals surface area contributed by atoms with Gasteiger partial charge in [-0.3, -0.25) is 4.79 Å².